The number of aromatic nitrogens is 2. The fourth-order valence-corrected chi connectivity index (χ4v) is 2.32. The molecule has 0 unspecified atom stereocenters. The van der Waals surface area contributed by atoms with E-state index in [-0.39, 0.29) is 0 Å². The van der Waals surface area contributed by atoms with E-state index in [1.807, 2.05) is 7.05 Å². The van der Waals surface area contributed by atoms with Gasteiger partial charge < -0.3 is 0 Å². The standard InChI is InChI=1S/C13H12F3N3/c1-18-7-9-6-17-19(12(9)8-18)11-4-2-10(3-5-11)13(14,15)16/h2-6H,7-8H2,1H3. The quantitative estimate of drug-likeness (QED) is 0.792. The largest absolute Gasteiger partial charge is 0.416 e. The Bertz CT molecular complexity index is 599. The molecule has 3 nitrogen and oxygen atoms in total. The van der Waals surface area contributed by atoms with Gasteiger partial charge in [-0.2, -0.15) is 18.3 Å². The molecule has 0 saturated heterocycles. The van der Waals surface area contributed by atoms with Gasteiger partial charge in [0.1, 0.15) is 0 Å². The molecular formula is C13H12F3N3. The Morgan fingerprint density at radius 2 is 1.79 bits per heavy atom. The molecule has 0 aliphatic carbocycles. The molecule has 100 valence electrons. The maximum atomic E-state index is 12.5. The molecule has 0 spiro atoms. The Balaban J connectivity index is 1.96. The van der Waals surface area contributed by atoms with Crippen molar-refractivity contribution >= 4 is 0 Å². The van der Waals surface area contributed by atoms with Gasteiger partial charge in [-0.15, -0.1) is 0 Å². The summed E-state index contributed by atoms with van der Waals surface area (Å²) in [4.78, 5) is 2.13. The van der Waals surface area contributed by atoms with Gasteiger partial charge in [0.25, 0.3) is 0 Å². The summed E-state index contributed by atoms with van der Waals surface area (Å²) in [6.07, 6.45) is -2.53. The molecule has 1 aliphatic heterocycles. The third-order valence-electron chi connectivity index (χ3n) is 3.25. The molecule has 19 heavy (non-hydrogen) atoms. The average molecular weight is 267 g/mol. The maximum Gasteiger partial charge on any atom is 0.416 e. The van der Waals surface area contributed by atoms with Gasteiger partial charge in [0.2, 0.25) is 0 Å². The topological polar surface area (TPSA) is 21.1 Å². The molecule has 6 heteroatoms. The Morgan fingerprint density at radius 1 is 1.11 bits per heavy atom. The molecule has 0 N–H and O–H groups in total. The van der Waals surface area contributed by atoms with Crippen LogP contribution in [0.1, 0.15) is 16.8 Å². The van der Waals surface area contributed by atoms with Crippen molar-refractivity contribution in [1.29, 1.82) is 0 Å². The summed E-state index contributed by atoms with van der Waals surface area (Å²) < 4.78 is 39.2. The van der Waals surface area contributed by atoms with E-state index in [0.717, 1.165) is 36.5 Å². The van der Waals surface area contributed by atoms with Crippen molar-refractivity contribution in [3.63, 3.8) is 0 Å². The third-order valence-corrected chi connectivity index (χ3v) is 3.25. The lowest BCUT2D eigenvalue weighted by Gasteiger charge is -2.10. The molecule has 0 radical (unpaired) electrons. The second kappa shape index (κ2) is 4.09. The smallest absolute Gasteiger partial charge is 0.296 e. The first-order chi connectivity index (χ1) is 8.95. The highest BCUT2D eigenvalue weighted by atomic mass is 19.4. The first-order valence-corrected chi connectivity index (χ1v) is 5.87. The highest BCUT2D eigenvalue weighted by Gasteiger charge is 2.30. The van der Waals surface area contributed by atoms with Gasteiger partial charge in [-0.3, -0.25) is 4.90 Å². The van der Waals surface area contributed by atoms with Crippen LogP contribution in [0, 0.1) is 0 Å². The Labute approximate surface area is 108 Å². The first kappa shape index (κ1) is 12.2. The number of rotatable bonds is 1. The van der Waals surface area contributed by atoms with Crippen molar-refractivity contribution in [2.24, 2.45) is 0 Å². The molecule has 0 atom stereocenters. The minimum Gasteiger partial charge on any atom is -0.296 e. The van der Waals surface area contributed by atoms with Crippen LogP contribution in [0.2, 0.25) is 0 Å². The molecule has 0 saturated carbocycles. The van der Waals surface area contributed by atoms with Gasteiger partial charge in [-0.1, -0.05) is 0 Å². The van der Waals surface area contributed by atoms with Crippen molar-refractivity contribution in [3.05, 3.63) is 47.3 Å². The average Bonchev–Trinajstić information content (AvgIpc) is 2.86. The van der Waals surface area contributed by atoms with Gasteiger partial charge in [0.15, 0.2) is 0 Å². The Morgan fingerprint density at radius 3 is 2.42 bits per heavy atom. The van der Waals surface area contributed by atoms with E-state index in [9.17, 15) is 13.2 Å². The zero-order valence-corrected chi connectivity index (χ0v) is 10.3. The van der Waals surface area contributed by atoms with Gasteiger partial charge >= 0.3 is 6.18 Å². The molecule has 1 aromatic heterocycles. The van der Waals surface area contributed by atoms with E-state index in [1.54, 1.807) is 10.9 Å². The third kappa shape index (κ3) is 2.12. The lowest BCUT2D eigenvalue weighted by molar-refractivity contribution is -0.137. The van der Waals surface area contributed by atoms with Crippen LogP contribution < -0.4 is 0 Å². The number of halogens is 3. The van der Waals surface area contributed by atoms with E-state index in [0.29, 0.717) is 5.69 Å². The fraction of sp³-hybridized carbons (Fsp3) is 0.308. The molecule has 0 amide bonds. The highest BCUT2D eigenvalue weighted by Crippen LogP contribution is 2.30. The minimum absolute atomic E-state index is 0.642. The summed E-state index contributed by atoms with van der Waals surface area (Å²) in [6.45, 7) is 1.59. The van der Waals surface area contributed by atoms with Crippen LogP contribution >= 0.6 is 0 Å². The van der Waals surface area contributed by atoms with Crippen LogP contribution in [0.4, 0.5) is 13.2 Å². The minimum atomic E-state index is -4.30. The molecule has 0 fully saturated rings. The van der Waals surface area contributed by atoms with Crippen LogP contribution in [0.25, 0.3) is 5.69 Å². The van der Waals surface area contributed by atoms with Crippen molar-refractivity contribution in [1.82, 2.24) is 14.7 Å². The molecule has 0 bridgehead atoms. The lowest BCUT2D eigenvalue weighted by Crippen LogP contribution is -2.11. The monoisotopic (exact) mass is 267 g/mol. The zero-order valence-electron chi connectivity index (χ0n) is 10.3. The number of alkyl halides is 3. The molecule has 3 rings (SSSR count). The van der Waals surface area contributed by atoms with Gasteiger partial charge in [0.05, 0.1) is 23.1 Å². The second-order valence-corrected chi connectivity index (χ2v) is 4.75. The summed E-state index contributed by atoms with van der Waals surface area (Å²) in [5.74, 6) is 0. The molecule has 2 aromatic rings. The predicted octanol–water partition coefficient (Wildman–Crippen LogP) is 2.84. The number of nitrogens with zero attached hydrogens (tertiary/aromatic N) is 3. The number of hydrogen-bond donors (Lipinski definition) is 0. The summed E-state index contributed by atoms with van der Waals surface area (Å²) in [5, 5.41) is 4.24. The predicted molar refractivity (Wildman–Crippen MR) is 63.7 cm³/mol. The summed E-state index contributed by atoms with van der Waals surface area (Å²) >= 11 is 0. The lowest BCUT2D eigenvalue weighted by atomic mass is 10.2. The number of hydrogen-bond acceptors (Lipinski definition) is 2. The van der Waals surface area contributed by atoms with Crippen LogP contribution in [-0.4, -0.2) is 21.7 Å². The normalized spacial score (nSPS) is 15.8. The number of fused-ring (bicyclic) bond motifs is 1. The molecular weight excluding hydrogens is 255 g/mol. The van der Waals surface area contributed by atoms with Gasteiger partial charge in [0, 0.05) is 18.7 Å². The molecule has 1 aromatic carbocycles. The van der Waals surface area contributed by atoms with E-state index in [2.05, 4.69) is 10.00 Å². The van der Waals surface area contributed by atoms with Crippen LogP contribution in [0.3, 0.4) is 0 Å². The summed E-state index contributed by atoms with van der Waals surface area (Å²) in [6, 6.07) is 5.08. The fourth-order valence-electron chi connectivity index (χ4n) is 2.32. The van der Waals surface area contributed by atoms with Crippen LogP contribution in [0.15, 0.2) is 30.5 Å². The second-order valence-electron chi connectivity index (χ2n) is 4.75. The first-order valence-electron chi connectivity index (χ1n) is 5.87. The molecule has 2 heterocycles. The molecule has 1 aliphatic rings. The van der Waals surface area contributed by atoms with Crippen molar-refractivity contribution in [2.45, 2.75) is 19.3 Å². The Kier molecular flexibility index (Phi) is 2.63. The van der Waals surface area contributed by atoms with Crippen molar-refractivity contribution in [3.8, 4) is 5.69 Å². The van der Waals surface area contributed by atoms with Crippen molar-refractivity contribution in [2.75, 3.05) is 7.05 Å². The van der Waals surface area contributed by atoms with E-state index in [1.165, 1.54) is 12.1 Å². The summed E-state index contributed by atoms with van der Waals surface area (Å²) in [7, 11) is 2.00. The zero-order chi connectivity index (χ0) is 13.6. The van der Waals surface area contributed by atoms with Gasteiger partial charge in [-0.05, 0) is 31.3 Å². The van der Waals surface area contributed by atoms with E-state index < -0.39 is 11.7 Å². The summed E-state index contributed by atoms with van der Waals surface area (Å²) in [5.41, 5.74) is 2.19. The maximum absolute atomic E-state index is 12.5. The Hall–Kier alpha value is -1.82. The van der Waals surface area contributed by atoms with Crippen molar-refractivity contribution < 1.29 is 13.2 Å². The van der Waals surface area contributed by atoms with E-state index >= 15 is 0 Å². The van der Waals surface area contributed by atoms with Gasteiger partial charge in [-0.25, -0.2) is 4.68 Å². The van der Waals surface area contributed by atoms with Crippen LogP contribution in [0.5, 0.6) is 0 Å². The van der Waals surface area contributed by atoms with E-state index in [4.69, 9.17) is 0 Å². The SMILES string of the molecule is CN1Cc2cnn(-c3ccc(C(F)(F)F)cc3)c2C1. The van der Waals surface area contributed by atoms with Crippen LogP contribution in [-0.2, 0) is 19.3 Å². The highest BCUT2D eigenvalue weighted by molar-refractivity contribution is 5.38. The number of benzene rings is 1.